The molecule has 0 atom stereocenters. The van der Waals surface area contributed by atoms with Gasteiger partial charge in [-0.3, -0.25) is 0 Å². The Labute approximate surface area is 102 Å². The molecule has 2 N–H and O–H groups in total. The SMILES string of the molecule is Cc1nn(-c2ncnc(N)c2Br)c(C)c1C. The first-order valence-electron chi connectivity index (χ1n) is 4.81. The quantitative estimate of drug-likeness (QED) is 0.867. The van der Waals surface area contributed by atoms with Crippen LogP contribution in [0.1, 0.15) is 17.0 Å². The van der Waals surface area contributed by atoms with Crippen LogP contribution in [0, 0.1) is 20.8 Å². The lowest BCUT2D eigenvalue weighted by Gasteiger charge is -2.06. The third-order valence-corrected chi connectivity index (χ3v) is 3.41. The number of aromatic nitrogens is 4. The van der Waals surface area contributed by atoms with E-state index in [9.17, 15) is 0 Å². The summed E-state index contributed by atoms with van der Waals surface area (Å²) in [5.74, 6) is 1.08. The Bertz CT molecular complexity index is 546. The summed E-state index contributed by atoms with van der Waals surface area (Å²) in [4.78, 5) is 8.09. The standard InChI is InChI=1S/C10H12BrN5/c1-5-6(2)15-16(7(5)3)10-8(11)9(12)13-4-14-10/h4H,1-3H3,(H2,12,13,14). The molecule has 2 aromatic heterocycles. The predicted octanol–water partition coefficient (Wildman–Crippen LogP) is 1.93. The van der Waals surface area contributed by atoms with E-state index in [0.717, 1.165) is 17.0 Å². The van der Waals surface area contributed by atoms with Crippen LogP contribution in [0.15, 0.2) is 10.8 Å². The summed E-state index contributed by atoms with van der Waals surface area (Å²) < 4.78 is 2.44. The lowest BCUT2D eigenvalue weighted by atomic mass is 10.2. The van der Waals surface area contributed by atoms with Gasteiger partial charge >= 0.3 is 0 Å². The monoisotopic (exact) mass is 281 g/mol. The second-order valence-electron chi connectivity index (χ2n) is 3.60. The molecule has 0 spiro atoms. The zero-order valence-electron chi connectivity index (χ0n) is 9.32. The van der Waals surface area contributed by atoms with Crippen LogP contribution >= 0.6 is 15.9 Å². The highest BCUT2D eigenvalue weighted by Crippen LogP contribution is 2.25. The molecule has 0 unspecified atom stereocenters. The van der Waals surface area contributed by atoms with Gasteiger partial charge in [0.1, 0.15) is 16.6 Å². The van der Waals surface area contributed by atoms with Crippen molar-refractivity contribution in [2.24, 2.45) is 0 Å². The number of rotatable bonds is 1. The van der Waals surface area contributed by atoms with E-state index in [2.05, 4.69) is 31.0 Å². The first-order valence-corrected chi connectivity index (χ1v) is 5.61. The van der Waals surface area contributed by atoms with Gasteiger partial charge in [0.05, 0.1) is 5.69 Å². The van der Waals surface area contributed by atoms with Crippen molar-refractivity contribution in [1.82, 2.24) is 19.7 Å². The normalized spacial score (nSPS) is 10.8. The molecule has 2 aromatic rings. The fraction of sp³-hybridized carbons (Fsp3) is 0.300. The van der Waals surface area contributed by atoms with Crippen molar-refractivity contribution in [2.45, 2.75) is 20.8 Å². The maximum Gasteiger partial charge on any atom is 0.173 e. The van der Waals surface area contributed by atoms with Gasteiger partial charge < -0.3 is 5.73 Å². The summed E-state index contributed by atoms with van der Waals surface area (Å²) in [6.07, 6.45) is 1.43. The molecule has 2 rings (SSSR count). The van der Waals surface area contributed by atoms with Gasteiger partial charge in [0.25, 0.3) is 0 Å². The van der Waals surface area contributed by atoms with Gasteiger partial charge in [0.15, 0.2) is 5.82 Å². The first kappa shape index (κ1) is 11.1. The van der Waals surface area contributed by atoms with Gasteiger partial charge in [-0.2, -0.15) is 5.10 Å². The Balaban J connectivity index is 2.68. The van der Waals surface area contributed by atoms with E-state index in [0.29, 0.717) is 16.1 Å². The van der Waals surface area contributed by atoms with E-state index in [1.54, 1.807) is 4.68 Å². The van der Waals surface area contributed by atoms with Crippen molar-refractivity contribution in [2.75, 3.05) is 5.73 Å². The summed E-state index contributed by atoms with van der Waals surface area (Å²) in [5.41, 5.74) is 8.91. The molecule has 0 saturated carbocycles. The highest BCUT2D eigenvalue weighted by molar-refractivity contribution is 9.10. The highest BCUT2D eigenvalue weighted by Gasteiger charge is 2.14. The van der Waals surface area contributed by atoms with Crippen LogP contribution in [0.25, 0.3) is 5.82 Å². The zero-order chi connectivity index (χ0) is 11.9. The van der Waals surface area contributed by atoms with E-state index in [-0.39, 0.29) is 0 Å². The van der Waals surface area contributed by atoms with Gasteiger partial charge in [0, 0.05) is 5.69 Å². The van der Waals surface area contributed by atoms with Crippen LogP contribution in [-0.4, -0.2) is 19.7 Å². The number of halogens is 1. The average molecular weight is 282 g/mol. The average Bonchev–Trinajstić information content (AvgIpc) is 2.50. The van der Waals surface area contributed by atoms with Crippen LogP contribution in [-0.2, 0) is 0 Å². The number of hydrogen-bond acceptors (Lipinski definition) is 4. The molecular formula is C10H12BrN5. The molecule has 0 aromatic carbocycles. The lowest BCUT2D eigenvalue weighted by molar-refractivity contribution is 0.796. The molecule has 0 saturated heterocycles. The Hall–Kier alpha value is -1.43. The maximum absolute atomic E-state index is 5.71. The molecule has 0 aliphatic heterocycles. The van der Waals surface area contributed by atoms with Crippen molar-refractivity contribution in [3.63, 3.8) is 0 Å². The molecule has 6 heteroatoms. The fourth-order valence-corrected chi connectivity index (χ4v) is 1.82. The van der Waals surface area contributed by atoms with Crippen molar-refractivity contribution < 1.29 is 0 Å². The first-order chi connectivity index (χ1) is 7.52. The molecule has 2 heterocycles. The van der Waals surface area contributed by atoms with Gasteiger partial charge in [-0.05, 0) is 42.3 Å². The summed E-state index contributed by atoms with van der Waals surface area (Å²) in [6, 6.07) is 0. The summed E-state index contributed by atoms with van der Waals surface area (Å²) in [7, 11) is 0. The Morgan fingerprint density at radius 1 is 1.25 bits per heavy atom. The molecule has 0 radical (unpaired) electrons. The van der Waals surface area contributed by atoms with E-state index < -0.39 is 0 Å². The number of hydrogen-bond donors (Lipinski definition) is 1. The molecule has 0 bridgehead atoms. The van der Waals surface area contributed by atoms with Crippen LogP contribution in [0.2, 0.25) is 0 Å². The van der Waals surface area contributed by atoms with Crippen molar-refractivity contribution >= 4 is 21.7 Å². The predicted molar refractivity (Wildman–Crippen MR) is 65.5 cm³/mol. The van der Waals surface area contributed by atoms with Crippen molar-refractivity contribution in [3.8, 4) is 5.82 Å². The van der Waals surface area contributed by atoms with Crippen molar-refractivity contribution in [3.05, 3.63) is 27.8 Å². The molecule has 84 valence electrons. The molecule has 0 fully saturated rings. The molecule has 0 aliphatic rings. The van der Waals surface area contributed by atoms with Crippen LogP contribution < -0.4 is 5.73 Å². The number of nitrogen functional groups attached to an aromatic ring is 1. The fourth-order valence-electron chi connectivity index (χ4n) is 1.45. The smallest absolute Gasteiger partial charge is 0.173 e. The van der Waals surface area contributed by atoms with Gasteiger partial charge in [-0.15, -0.1) is 0 Å². The van der Waals surface area contributed by atoms with Crippen LogP contribution in [0.3, 0.4) is 0 Å². The topological polar surface area (TPSA) is 69.6 Å². The molecule has 16 heavy (non-hydrogen) atoms. The van der Waals surface area contributed by atoms with E-state index in [1.807, 2.05) is 20.8 Å². The number of aryl methyl sites for hydroxylation is 1. The molecule has 0 amide bonds. The number of anilines is 1. The minimum atomic E-state index is 0.412. The molecule has 0 aliphatic carbocycles. The minimum Gasteiger partial charge on any atom is -0.383 e. The second kappa shape index (κ2) is 3.86. The molecule has 5 nitrogen and oxygen atoms in total. The Morgan fingerprint density at radius 3 is 2.50 bits per heavy atom. The third kappa shape index (κ3) is 1.59. The van der Waals surface area contributed by atoms with Crippen molar-refractivity contribution in [1.29, 1.82) is 0 Å². The van der Waals surface area contributed by atoms with Gasteiger partial charge in [-0.1, -0.05) is 0 Å². The maximum atomic E-state index is 5.71. The molecular weight excluding hydrogens is 270 g/mol. The highest BCUT2D eigenvalue weighted by atomic mass is 79.9. The summed E-state index contributed by atoms with van der Waals surface area (Å²) in [5, 5.41) is 4.42. The Morgan fingerprint density at radius 2 is 1.94 bits per heavy atom. The number of nitrogens with zero attached hydrogens (tertiary/aromatic N) is 4. The third-order valence-electron chi connectivity index (χ3n) is 2.65. The van der Waals surface area contributed by atoms with E-state index in [4.69, 9.17) is 5.73 Å². The minimum absolute atomic E-state index is 0.412. The summed E-state index contributed by atoms with van der Waals surface area (Å²) >= 11 is 3.37. The van der Waals surface area contributed by atoms with E-state index >= 15 is 0 Å². The van der Waals surface area contributed by atoms with Gasteiger partial charge in [-0.25, -0.2) is 14.6 Å². The number of nitrogens with two attached hydrogens (primary N) is 1. The lowest BCUT2D eigenvalue weighted by Crippen LogP contribution is -2.06. The second-order valence-corrected chi connectivity index (χ2v) is 4.40. The van der Waals surface area contributed by atoms with Gasteiger partial charge in [0.2, 0.25) is 0 Å². The summed E-state index contributed by atoms with van der Waals surface area (Å²) in [6.45, 7) is 6.00. The largest absolute Gasteiger partial charge is 0.383 e. The Kier molecular flexibility index (Phi) is 2.67. The zero-order valence-corrected chi connectivity index (χ0v) is 10.9. The van der Waals surface area contributed by atoms with Crippen LogP contribution in [0.5, 0.6) is 0 Å². The van der Waals surface area contributed by atoms with Crippen LogP contribution in [0.4, 0.5) is 5.82 Å². The van der Waals surface area contributed by atoms with E-state index in [1.165, 1.54) is 6.33 Å².